The largest absolute Gasteiger partial charge is 0.482 e. The van der Waals surface area contributed by atoms with Crippen LogP contribution in [0.5, 0.6) is 5.75 Å². The maximum atomic E-state index is 12.4. The summed E-state index contributed by atoms with van der Waals surface area (Å²) in [4.78, 5) is 38.0. The second-order valence-corrected chi connectivity index (χ2v) is 6.88. The van der Waals surface area contributed by atoms with Gasteiger partial charge in [0.05, 0.1) is 0 Å². The maximum Gasteiger partial charge on any atom is 0.344 e. The topological polar surface area (TPSA) is 84.9 Å². The fraction of sp³-hybridized carbons (Fsp3) is 0.348. The Morgan fingerprint density at radius 3 is 2.23 bits per heavy atom. The SMILES string of the molecule is CCN(CC)C(=O)c1cccc(NC(=O)COC(=O)COc2cc(C)cc(C)c2)c1. The van der Waals surface area contributed by atoms with Crippen molar-refractivity contribution >= 4 is 23.5 Å². The number of hydrogen-bond acceptors (Lipinski definition) is 5. The van der Waals surface area contributed by atoms with Crippen molar-refractivity contribution in [3.8, 4) is 5.75 Å². The number of nitrogens with one attached hydrogen (secondary N) is 1. The molecule has 2 aromatic carbocycles. The monoisotopic (exact) mass is 412 g/mol. The Labute approximate surface area is 177 Å². The Morgan fingerprint density at radius 1 is 0.933 bits per heavy atom. The number of hydrogen-bond donors (Lipinski definition) is 1. The van der Waals surface area contributed by atoms with Crippen LogP contribution >= 0.6 is 0 Å². The molecule has 7 nitrogen and oxygen atoms in total. The minimum absolute atomic E-state index is 0.105. The molecule has 0 aliphatic rings. The molecule has 0 saturated heterocycles. The first-order chi connectivity index (χ1) is 14.3. The lowest BCUT2D eigenvalue weighted by Gasteiger charge is -2.19. The van der Waals surface area contributed by atoms with Crippen LogP contribution in [0.4, 0.5) is 5.69 Å². The summed E-state index contributed by atoms with van der Waals surface area (Å²) < 4.78 is 10.4. The summed E-state index contributed by atoms with van der Waals surface area (Å²) >= 11 is 0. The number of nitrogens with zero attached hydrogens (tertiary/aromatic N) is 1. The zero-order valence-electron chi connectivity index (χ0n) is 17.9. The summed E-state index contributed by atoms with van der Waals surface area (Å²) in [6.07, 6.45) is 0. The minimum Gasteiger partial charge on any atom is -0.482 e. The van der Waals surface area contributed by atoms with E-state index in [-0.39, 0.29) is 12.5 Å². The fourth-order valence-electron chi connectivity index (χ4n) is 2.97. The molecule has 0 spiro atoms. The summed E-state index contributed by atoms with van der Waals surface area (Å²) in [5.41, 5.74) is 3.00. The molecule has 0 aliphatic carbocycles. The summed E-state index contributed by atoms with van der Waals surface area (Å²) in [7, 11) is 0. The van der Waals surface area contributed by atoms with Gasteiger partial charge in [0, 0.05) is 24.3 Å². The molecule has 2 aromatic rings. The van der Waals surface area contributed by atoms with Crippen LogP contribution in [0.2, 0.25) is 0 Å². The third-order valence-electron chi connectivity index (χ3n) is 4.36. The normalized spacial score (nSPS) is 10.3. The highest BCUT2D eigenvalue weighted by molar-refractivity contribution is 5.97. The summed E-state index contributed by atoms with van der Waals surface area (Å²) in [6.45, 7) is 8.17. The number of ether oxygens (including phenoxy) is 2. The van der Waals surface area contributed by atoms with Crippen molar-refractivity contribution in [3.63, 3.8) is 0 Å². The summed E-state index contributed by atoms with van der Waals surface area (Å²) in [5.74, 6) is -0.674. The van der Waals surface area contributed by atoms with Crippen molar-refractivity contribution in [2.24, 2.45) is 0 Å². The van der Waals surface area contributed by atoms with Crippen LogP contribution in [0.1, 0.15) is 35.3 Å². The highest BCUT2D eigenvalue weighted by Crippen LogP contribution is 2.16. The number of esters is 1. The predicted molar refractivity (Wildman–Crippen MR) is 115 cm³/mol. The molecule has 30 heavy (non-hydrogen) atoms. The van der Waals surface area contributed by atoms with Gasteiger partial charge in [0.25, 0.3) is 11.8 Å². The number of carbonyl (C=O) groups is 3. The highest BCUT2D eigenvalue weighted by Gasteiger charge is 2.14. The number of aryl methyl sites for hydroxylation is 2. The van der Waals surface area contributed by atoms with Gasteiger partial charge in [0.15, 0.2) is 13.2 Å². The molecule has 0 atom stereocenters. The molecule has 0 aromatic heterocycles. The summed E-state index contributed by atoms with van der Waals surface area (Å²) in [5, 5.41) is 2.63. The molecule has 7 heteroatoms. The zero-order valence-corrected chi connectivity index (χ0v) is 17.9. The van der Waals surface area contributed by atoms with E-state index in [0.29, 0.717) is 30.1 Å². The molecule has 0 saturated carbocycles. The number of anilines is 1. The minimum atomic E-state index is -0.644. The first kappa shape index (κ1) is 22.9. The molecule has 0 radical (unpaired) electrons. The van der Waals surface area contributed by atoms with Crippen LogP contribution < -0.4 is 10.1 Å². The zero-order chi connectivity index (χ0) is 22.1. The van der Waals surface area contributed by atoms with Gasteiger partial charge in [-0.25, -0.2) is 4.79 Å². The molecule has 0 aliphatic heterocycles. The number of amides is 2. The molecular formula is C23H28N2O5. The van der Waals surface area contributed by atoms with Crippen molar-refractivity contribution in [1.29, 1.82) is 0 Å². The lowest BCUT2D eigenvalue weighted by Crippen LogP contribution is -2.30. The van der Waals surface area contributed by atoms with Crippen molar-refractivity contribution in [1.82, 2.24) is 4.90 Å². The van der Waals surface area contributed by atoms with Gasteiger partial charge in [-0.3, -0.25) is 9.59 Å². The van der Waals surface area contributed by atoms with E-state index in [1.165, 1.54) is 0 Å². The van der Waals surface area contributed by atoms with Crippen LogP contribution in [0.15, 0.2) is 42.5 Å². The Balaban J connectivity index is 1.83. The molecule has 0 unspecified atom stereocenters. The summed E-state index contributed by atoms with van der Waals surface area (Å²) in [6, 6.07) is 12.3. The van der Waals surface area contributed by atoms with Crippen molar-refractivity contribution in [2.75, 3.05) is 31.6 Å². The van der Waals surface area contributed by atoms with E-state index >= 15 is 0 Å². The van der Waals surface area contributed by atoms with E-state index in [2.05, 4.69) is 5.32 Å². The first-order valence-corrected chi connectivity index (χ1v) is 9.88. The molecular weight excluding hydrogens is 384 g/mol. The van der Waals surface area contributed by atoms with Crippen LogP contribution in [0, 0.1) is 13.8 Å². The lowest BCUT2D eigenvalue weighted by molar-refractivity contribution is -0.149. The van der Waals surface area contributed by atoms with Crippen molar-refractivity contribution in [2.45, 2.75) is 27.7 Å². The smallest absolute Gasteiger partial charge is 0.344 e. The molecule has 2 rings (SSSR count). The van der Waals surface area contributed by atoms with Gasteiger partial charge in [-0.2, -0.15) is 0 Å². The van der Waals surface area contributed by atoms with Crippen molar-refractivity contribution in [3.05, 3.63) is 59.2 Å². The number of benzene rings is 2. The van der Waals surface area contributed by atoms with Gasteiger partial charge in [-0.05, 0) is 69.2 Å². The molecule has 0 heterocycles. The number of rotatable bonds is 9. The van der Waals surface area contributed by atoms with E-state index in [1.54, 1.807) is 29.2 Å². The third-order valence-corrected chi connectivity index (χ3v) is 4.36. The quantitative estimate of drug-likeness (QED) is 0.639. The fourth-order valence-corrected chi connectivity index (χ4v) is 2.97. The third kappa shape index (κ3) is 6.92. The Morgan fingerprint density at radius 2 is 1.60 bits per heavy atom. The lowest BCUT2D eigenvalue weighted by atomic mass is 10.1. The molecule has 160 valence electrons. The maximum absolute atomic E-state index is 12.4. The van der Waals surface area contributed by atoms with E-state index < -0.39 is 18.5 Å². The van der Waals surface area contributed by atoms with Crippen LogP contribution in [-0.4, -0.2) is 49.0 Å². The predicted octanol–water partition coefficient (Wildman–Crippen LogP) is 3.35. The van der Waals surface area contributed by atoms with Gasteiger partial charge < -0.3 is 19.7 Å². The van der Waals surface area contributed by atoms with Crippen LogP contribution in [0.3, 0.4) is 0 Å². The Kier molecular flexibility index (Phi) is 8.41. The van der Waals surface area contributed by atoms with Gasteiger partial charge in [-0.1, -0.05) is 12.1 Å². The molecule has 0 fully saturated rings. The van der Waals surface area contributed by atoms with Gasteiger partial charge >= 0.3 is 5.97 Å². The Hall–Kier alpha value is -3.35. The second-order valence-electron chi connectivity index (χ2n) is 6.88. The highest BCUT2D eigenvalue weighted by atomic mass is 16.6. The average Bonchev–Trinajstić information content (AvgIpc) is 2.71. The van der Waals surface area contributed by atoms with E-state index in [0.717, 1.165) is 11.1 Å². The Bertz CT molecular complexity index is 886. The average molecular weight is 412 g/mol. The van der Waals surface area contributed by atoms with E-state index in [4.69, 9.17) is 9.47 Å². The van der Waals surface area contributed by atoms with E-state index in [9.17, 15) is 14.4 Å². The second kappa shape index (κ2) is 11.0. The van der Waals surface area contributed by atoms with Crippen molar-refractivity contribution < 1.29 is 23.9 Å². The number of carbonyl (C=O) groups excluding carboxylic acids is 3. The van der Waals surface area contributed by atoms with Crippen LogP contribution in [-0.2, 0) is 14.3 Å². The van der Waals surface area contributed by atoms with Gasteiger partial charge in [0.2, 0.25) is 0 Å². The molecule has 0 bridgehead atoms. The van der Waals surface area contributed by atoms with Gasteiger partial charge in [0.1, 0.15) is 5.75 Å². The first-order valence-electron chi connectivity index (χ1n) is 9.88. The molecule has 1 N–H and O–H groups in total. The van der Waals surface area contributed by atoms with Gasteiger partial charge in [-0.15, -0.1) is 0 Å². The standard InChI is InChI=1S/C23H28N2O5/c1-5-25(6-2)23(28)18-8-7-9-19(13-18)24-21(26)14-30-22(27)15-29-20-11-16(3)10-17(4)12-20/h7-13H,5-6,14-15H2,1-4H3,(H,24,26). The molecule has 2 amide bonds. The van der Waals surface area contributed by atoms with Crippen LogP contribution in [0.25, 0.3) is 0 Å². The van der Waals surface area contributed by atoms with E-state index in [1.807, 2.05) is 45.9 Å².